The molecule has 1 amide bonds. The Morgan fingerprint density at radius 2 is 2.10 bits per heavy atom. The van der Waals surface area contributed by atoms with Gasteiger partial charge >= 0.3 is 0 Å². The van der Waals surface area contributed by atoms with Gasteiger partial charge in [-0.2, -0.15) is 0 Å². The summed E-state index contributed by atoms with van der Waals surface area (Å²) in [5.41, 5.74) is 6.72. The third-order valence-corrected chi connectivity index (χ3v) is 3.33. The molecule has 6 heteroatoms. The van der Waals surface area contributed by atoms with E-state index in [4.69, 9.17) is 5.73 Å². The lowest BCUT2D eigenvalue weighted by atomic mass is 10.2. The van der Waals surface area contributed by atoms with Gasteiger partial charge in [0.2, 0.25) is 5.91 Å². The van der Waals surface area contributed by atoms with Crippen LogP contribution in [0.25, 0.3) is 0 Å². The van der Waals surface area contributed by atoms with Crippen LogP contribution >= 0.6 is 15.9 Å². The number of nitrogen functional groups attached to an aromatic ring is 1. The fraction of sp³-hybridized carbons (Fsp3) is 0.143. The Morgan fingerprint density at radius 1 is 1.30 bits per heavy atom. The summed E-state index contributed by atoms with van der Waals surface area (Å²) in [6.45, 7) is 0.326. The number of hydrogen-bond donors (Lipinski definition) is 2. The number of halogens is 1. The van der Waals surface area contributed by atoms with Crippen LogP contribution in [0.1, 0.15) is 6.42 Å². The SMILES string of the molecule is Nc1cccc(NC(=O)CCn2cccc(Br)c2=O)c1. The molecular weight excluding hydrogens is 322 g/mol. The van der Waals surface area contributed by atoms with Crippen molar-refractivity contribution >= 4 is 33.2 Å². The summed E-state index contributed by atoms with van der Waals surface area (Å²) in [6.07, 6.45) is 1.87. The third kappa shape index (κ3) is 3.71. The van der Waals surface area contributed by atoms with Crippen LogP contribution in [0.4, 0.5) is 11.4 Å². The number of nitrogens with two attached hydrogens (primary N) is 1. The molecule has 20 heavy (non-hydrogen) atoms. The quantitative estimate of drug-likeness (QED) is 0.841. The summed E-state index contributed by atoms with van der Waals surface area (Å²) < 4.78 is 1.97. The first-order valence-electron chi connectivity index (χ1n) is 6.06. The van der Waals surface area contributed by atoms with E-state index in [2.05, 4.69) is 21.2 Å². The molecule has 1 aromatic carbocycles. The van der Waals surface area contributed by atoms with Crippen molar-refractivity contribution in [2.24, 2.45) is 0 Å². The summed E-state index contributed by atoms with van der Waals surface area (Å²) in [6, 6.07) is 10.4. The number of rotatable bonds is 4. The summed E-state index contributed by atoms with van der Waals surface area (Å²) in [5, 5.41) is 2.74. The van der Waals surface area contributed by atoms with Gasteiger partial charge in [0.05, 0.1) is 4.47 Å². The summed E-state index contributed by atoms with van der Waals surface area (Å²) >= 11 is 3.17. The number of amides is 1. The average molecular weight is 336 g/mol. The third-order valence-electron chi connectivity index (χ3n) is 2.72. The van der Waals surface area contributed by atoms with E-state index in [0.29, 0.717) is 22.4 Å². The van der Waals surface area contributed by atoms with Gasteiger partial charge in [-0.15, -0.1) is 0 Å². The van der Waals surface area contributed by atoms with Crippen molar-refractivity contribution < 1.29 is 4.79 Å². The molecule has 0 aliphatic carbocycles. The molecule has 0 aliphatic rings. The van der Waals surface area contributed by atoms with Gasteiger partial charge in [0.15, 0.2) is 0 Å². The number of carbonyl (C=O) groups excluding carboxylic acids is 1. The number of aromatic nitrogens is 1. The Balaban J connectivity index is 1.96. The van der Waals surface area contributed by atoms with Gasteiger partial charge in [-0.25, -0.2) is 0 Å². The van der Waals surface area contributed by atoms with Gasteiger partial charge in [-0.3, -0.25) is 9.59 Å². The Morgan fingerprint density at radius 3 is 2.85 bits per heavy atom. The van der Waals surface area contributed by atoms with Crippen LogP contribution in [0.5, 0.6) is 0 Å². The number of hydrogen-bond acceptors (Lipinski definition) is 3. The Labute approximate surface area is 124 Å². The van der Waals surface area contributed by atoms with E-state index in [-0.39, 0.29) is 17.9 Å². The molecule has 0 unspecified atom stereocenters. The molecule has 2 aromatic rings. The number of carbonyl (C=O) groups is 1. The van der Waals surface area contributed by atoms with E-state index in [1.807, 2.05) is 0 Å². The second-order valence-corrected chi connectivity index (χ2v) is 5.13. The van der Waals surface area contributed by atoms with Gasteiger partial charge in [-0.05, 0) is 46.3 Å². The molecule has 0 atom stereocenters. The normalized spacial score (nSPS) is 10.2. The Bertz CT molecular complexity index is 682. The highest BCUT2D eigenvalue weighted by Crippen LogP contribution is 2.12. The Hall–Kier alpha value is -2.08. The fourth-order valence-corrected chi connectivity index (χ4v) is 2.13. The minimum Gasteiger partial charge on any atom is -0.399 e. The molecule has 0 saturated carbocycles. The lowest BCUT2D eigenvalue weighted by Gasteiger charge is -2.07. The first-order chi connectivity index (χ1) is 9.56. The van der Waals surface area contributed by atoms with Crippen molar-refractivity contribution in [1.82, 2.24) is 4.57 Å². The molecule has 1 aromatic heterocycles. The molecule has 2 rings (SSSR count). The zero-order chi connectivity index (χ0) is 14.5. The minimum atomic E-state index is -0.164. The second-order valence-electron chi connectivity index (χ2n) is 4.28. The van der Waals surface area contributed by atoms with Crippen molar-refractivity contribution in [3.8, 4) is 0 Å². The topological polar surface area (TPSA) is 77.1 Å². The highest BCUT2D eigenvalue weighted by molar-refractivity contribution is 9.10. The van der Waals surface area contributed by atoms with Gasteiger partial charge in [0.1, 0.15) is 0 Å². The Kier molecular flexibility index (Phi) is 4.57. The van der Waals surface area contributed by atoms with Crippen molar-refractivity contribution in [1.29, 1.82) is 0 Å². The molecule has 0 fully saturated rings. The number of pyridine rings is 1. The summed E-state index contributed by atoms with van der Waals surface area (Å²) in [7, 11) is 0. The lowest BCUT2D eigenvalue weighted by Crippen LogP contribution is -2.23. The predicted molar refractivity (Wildman–Crippen MR) is 82.5 cm³/mol. The van der Waals surface area contributed by atoms with E-state index in [1.54, 1.807) is 42.6 Å². The number of anilines is 2. The van der Waals surface area contributed by atoms with E-state index in [0.717, 1.165) is 0 Å². The van der Waals surface area contributed by atoms with Crippen LogP contribution in [0, 0.1) is 0 Å². The maximum absolute atomic E-state index is 11.8. The molecule has 0 bridgehead atoms. The van der Waals surface area contributed by atoms with Crippen LogP contribution in [-0.2, 0) is 11.3 Å². The largest absolute Gasteiger partial charge is 0.399 e. The molecule has 0 aliphatic heterocycles. The number of nitrogens with zero attached hydrogens (tertiary/aromatic N) is 1. The maximum atomic E-state index is 11.8. The van der Waals surface area contributed by atoms with E-state index in [1.165, 1.54) is 4.57 Å². The minimum absolute atomic E-state index is 0.149. The van der Waals surface area contributed by atoms with Crippen LogP contribution < -0.4 is 16.6 Å². The van der Waals surface area contributed by atoms with E-state index < -0.39 is 0 Å². The van der Waals surface area contributed by atoms with Crippen LogP contribution in [-0.4, -0.2) is 10.5 Å². The number of nitrogens with one attached hydrogen (secondary N) is 1. The molecule has 3 N–H and O–H groups in total. The standard InChI is InChI=1S/C14H14BrN3O2/c15-12-5-2-7-18(14(12)20)8-6-13(19)17-11-4-1-3-10(16)9-11/h1-5,7,9H,6,8,16H2,(H,17,19). The zero-order valence-electron chi connectivity index (χ0n) is 10.7. The first-order valence-corrected chi connectivity index (χ1v) is 6.86. The van der Waals surface area contributed by atoms with Crippen molar-refractivity contribution in [3.63, 3.8) is 0 Å². The molecular formula is C14H14BrN3O2. The van der Waals surface area contributed by atoms with Crippen LogP contribution in [0.15, 0.2) is 51.9 Å². The summed E-state index contributed by atoms with van der Waals surface area (Å²) in [4.78, 5) is 23.6. The molecule has 1 heterocycles. The average Bonchev–Trinajstić information content (AvgIpc) is 2.40. The number of benzene rings is 1. The van der Waals surface area contributed by atoms with Crippen molar-refractivity contribution in [3.05, 3.63) is 57.4 Å². The van der Waals surface area contributed by atoms with E-state index >= 15 is 0 Å². The van der Waals surface area contributed by atoms with Gasteiger partial charge < -0.3 is 15.6 Å². The van der Waals surface area contributed by atoms with Gasteiger partial charge in [0, 0.05) is 30.5 Å². The second kappa shape index (κ2) is 6.38. The van der Waals surface area contributed by atoms with Crippen LogP contribution in [0.2, 0.25) is 0 Å². The van der Waals surface area contributed by atoms with Gasteiger partial charge in [-0.1, -0.05) is 6.07 Å². The number of aryl methyl sites for hydroxylation is 1. The fourth-order valence-electron chi connectivity index (χ4n) is 1.75. The van der Waals surface area contributed by atoms with Crippen LogP contribution in [0.3, 0.4) is 0 Å². The molecule has 5 nitrogen and oxygen atoms in total. The summed E-state index contributed by atoms with van der Waals surface area (Å²) in [5.74, 6) is -0.164. The molecule has 0 saturated heterocycles. The highest BCUT2D eigenvalue weighted by Gasteiger charge is 2.05. The molecule has 0 spiro atoms. The highest BCUT2D eigenvalue weighted by atomic mass is 79.9. The van der Waals surface area contributed by atoms with Crippen molar-refractivity contribution in [2.75, 3.05) is 11.1 Å². The maximum Gasteiger partial charge on any atom is 0.264 e. The van der Waals surface area contributed by atoms with Gasteiger partial charge in [0.25, 0.3) is 5.56 Å². The monoisotopic (exact) mass is 335 g/mol. The van der Waals surface area contributed by atoms with E-state index in [9.17, 15) is 9.59 Å². The molecule has 0 radical (unpaired) electrons. The predicted octanol–water partition coefficient (Wildman–Crippen LogP) is 2.22. The lowest BCUT2D eigenvalue weighted by molar-refractivity contribution is -0.116. The van der Waals surface area contributed by atoms with Crippen molar-refractivity contribution in [2.45, 2.75) is 13.0 Å². The zero-order valence-corrected chi connectivity index (χ0v) is 12.3. The smallest absolute Gasteiger partial charge is 0.264 e. The first kappa shape index (κ1) is 14.3. The molecule has 104 valence electrons.